The van der Waals surface area contributed by atoms with Crippen molar-refractivity contribution >= 4 is 21.5 Å². The first kappa shape index (κ1) is 34.8. The molecular formula is C57H40N2. The van der Waals surface area contributed by atoms with Crippen LogP contribution in [-0.4, -0.2) is 9.97 Å². The molecule has 1 aliphatic carbocycles. The first-order chi connectivity index (χ1) is 29.0. The Morgan fingerprint density at radius 1 is 0.322 bits per heavy atom. The van der Waals surface area contributed by atoms with Gasteiger partial charge in [0.05, 0.1) is 11.4 Å². The number of benzene rings is 9. The molecule has 0 fully saturated rings. The lowest BCUT2D eigenvalue weighted by Gasteiger charge is -2.24. The molecule has 278 valence electrons. The molecule has 0 spiro atoms. The zero-order chi connectivity index (χ0) is 39.5. The zero-order valence-electron chi connectivity index (χ0n) is 33.0. The molecule has 0 radical (unpaired) electrons. The monoisotopic (exact) mass is 752 g/mol. The number of fused-ring (bicyclic) bond motifs is 5. The Morgan fingerprint density at radius 2 is 0.898 bits per heavy atom. The molecule has 11 rings (SSSR count). The molecule has 0 N–H and O–H groups in total. The van der Waals surface area contributed by atoms with Gasteiger partial charge in [0.15, 0.2) is 5.82 Å². The molecule has 0 amide bonds. The summed E-state index contributed by atoms with van der Waals surface area (Å²) in [6, 6.07) is 74.4. The molecule has 9 aromatic carbocycles. The van der Waals surface area contributed by atoms with Gasteiger partial charge < -0.3 is 0 Å². The lowest BCUT2D eigenvalue weighted by atomic mass is 9.78. The topological polar surface area (TPSA) is 25.8 Å². The Hall–Kier alpha value is -7.42. The lowest BCUT2D eigenvalue weighted by molar-refractivity contribution is 0.662. The third-order valence-corrected chi connectivity index (χ3v) is 12.3. The third-order valence-electron chi connectivity index (χ3n) is 12.3. The van der Waals surface area contributed by atoms with Gasteiger partial charge in [-0.15, -0.1) is 0 Å². The maximum atomic E-state index is 5.25. The van der Waals surface area contributed by atoms with E-state index in [9.17, 15) is 0 Å². The van der Waals surface area contributed by atoms with Crippen LogP contribution >= 0.6 is 0 Å². The summed E-state index contributed by atoms with van der Waals surface area (Å²) in [7, 11) is 0. The van der Waals surface area contributed by atoms with E-state index in [0.717, 1.165) is 33.5 Å². The lowest BCUT2D eigenvalue weighted by Crippen LogP contribution is -2.16. The molecule has 2 nitrogen and oxygen atoms in total. The van der Waals surface area contributed by atoms with Crippen molar-refractivity contribution in [3.63, 3.8) is 0 Å². The Labute approximate surface area is 345 Å². The highest BCUT2D eigenvalue weighted by atomic mass is 14.9. The Balaban J connectivity index is 1.01. The standard InChI is InChI=1S/C57H40N2/c1-57(2)52-25-11-10-22-49(52)51-24-13-23-46(55(51)57)44-19-12-18-43(35-44)45-32-33-50(48-21-9-8-20-47(45)48)54-36-53(58-56(59-54)40-15-4-3-5-16-40)39-29-26-38(27-30-39)42-31-28-37-14-6-7-17-41(37)34-42/h3-36H,1-2H3. The van der Waals surface area contributed by atoms with Gasteiger partial charge in [-0.2, -0.15) is 0 Å². The van der Waals surface area contributed by atoms with Gasteiger partial charge in [0, 0.05) is 22.1 Å². The third kappa shape index (κ3) is 5.96. The molecule has 0 aliphatic heterocycles. The minimum Gasteiger partial charge on any atom is -0.228 e. The van der Waals surface area contributed by atoms with E-state index in [0.29, 0.717) is 5.82 Å². The minimum absolute atomic E-state index is 0.0961. The van der Waals surface area contributed by atoms with E-state index in [1.54, 1.807) is 0 Å². The second-order valence-corrected chi connectivity index (χ2v) is 16.2. The predicted molar refractivity (Wildman–Crippen MR) is 247 cm³/mol. The van der Waals surface area contributed by atoms with Crippen LogP contribution in [0.25, 0.3) is 100.0 Å². The smallest absolute Gasteiger partial charge is 0.160 e. The summed E-state index contributed by atoms with van der Waals surface area (Å²) in [6.07, 6.45) is 0. The summed E-state index contributed by atoms with van der Waals surface area (Å²) in [4.78, 5) is 10.4. The van der Waals surface area contributed by atoms with Crippen molar-refractivity contribution in [3.05, 3.63) is 217 Å². The second-order valence-electron chi connectivity index (χ2n) is 16.2. The molecule has 0 unspecified atom stereocenters. The fourth-order valence-electron chi connectivity index (χ4n) is 9.37. The summed E-state index contributed by atoms with van der Waals surface area (Å²) in [6.45, 7) is 4.72. The molecule has 0 saturated carbocycles. The van der Waals surface area contributed by atoms with Gasteiger partial charge in [-0.3, -0.25) is 0 Å². The molecule has 2 heteroatoms. The summed E-state index contributed by atoms with van der Waals surface area (Å²) < 4.78 is 0. The van der Waals surface area contributed by atoms with Gasteiger partial charge in [-0.05, 0) is 95.4 Å². The summed E-state index contributed by atoms with van der Waals surface area (Å²) in [5.74, 6) is 0.707. The van der Waals surface area contributed by atoms with Crippen molar-refractivity contribution in [1.82, 2.24) is 9.97 Å². The summed E-state index contributed by atoms with van der Waals surface area (Å²) in [5, 5.41) is 4.83. The van der Waals surface area contributed by atoms with Crippen LogP contribution in [0.2, 0.25) is 0 Å². The SMILES string of the molecule is CC1(C)c2ccccc2-c2cccc(-c3cccc(-c4ccc(-c5cc(-c6ccc(-c7ccc8ccccc8c7)cc6)nc(-c6ccccc6)n5)c5ccccc45)c3)c21. The van der Waals surface area contributed by atoms with Crippen LogP contribution in [0.4, 0.5) is 0 Å². The van der Waals surface area contributed by atoms with E-state index in [-0.39, 0.29) is 5.41 Å². The highest BCUT2D eigenvalue weighted by Crippen LogP contribution is 2.52. The van der Waals surface area contributed by atoms with Crippen molar-refractivity contribution < 1.29 is 0 Å². The average Bonchev–Trinajstić information content (AvgIpc) is 3.54. The summed E-state index contributed by atoms with van der Waals surface area (Å²) in [5.41, 5.74) is 17.5. The molecule has 1 heterocycles. The highest BCUT2D eigenvalue weighted by molar-refractivity contribution is 6.05. The fraction of sp³-hybridized carbons (Fsp3) is 0.0526. The van der Waals surface area contributed by atoms with Crippen molar-refractivity contribution in [1.29, 1.82) is 0 Å². The van der Waals surface area contributed by atoms with Crippen molar-refractivity contribution in [2.75, 3.05) is 0 Å². The van der Waals surface area contributed by atoms with Crippen molar-refractivity contribution in [2.45, 2.75) is 19.3 Å². The highest BCUT2D eigenvalue weighted by Gasteiger charge is 2.37. The van der Waals surface area contributed by atoms with E-state index < -0.39 is 0 Å². The molecule has 0 atom stereocenters. The van der Waals surface area contributed by atoms with Crippen LogP contribution in [0, 0.1) is 0 Å². The molecule has 59 heavy (non-hydrogen) atoms. The molecular weight excluding hydrogens is 713 g/mol. The van der Waals surface area contributed by atoms with Gasteiger partial charge in [0.2, 0.25) is 0 Å². The number of aromatic nitrogens is 2. The largest absolute Gasteiger partial charge is 0.228 e. The molecule has 10 aromatic rings. The van der Waals surface area contributed by atoms with E-state index in [2.05, 4.69) is 202 Å². The maximum absolute atomic E-state index is 5.25. The Morgan fingerprint density at radius 3 is 1.73 bits per heavy atom. The molecule has 0 saturated heterocycles. The van der Waals surface area contributed by atoms with Crippen LogP contribution in [0.3, 0.4) is 0 Å². The van der Waals surface area contributed by atoms with Crippen molar-refractivity contribution in [2.24, 2.45) is 0 Å². The van der Waals surface area contributed by atoms with Crippen LogP contribution in [0.5, 0.6) is 0 Å². The zero-order valence-corrected chi connectivity index (χ0v) is 33.0. The average molecular weight is 753 g/mol. The Kier molecular flexibility index (Phi) is 8.20. The first-order valence-electron chi connectivity index (χ1n) is 20.4. The van der Waals surface area contributed by atoms with Gasteiger partial charge >= 0.3 is 0 Å². The van der Waals surface area contributed by atoms with Crippen LogP contribution in [0.15, 0.2) is 206 Å². The first-order valence-corrected chi connectivity index (χ1v) is 20.4. The summed E-state index contributed by atoms with van der Waals surface area (Å²) >= 11 is 0. The van der Waals surface area contributed by atoms with E-state index in [1.807, 2.05) is 18.2 Å². The molecule has 1 aliphatic rings. The minimum atomic E-state index is -0.0961. The van der Waals surface area contributed by atoms with Crippen LogP contribution < -0.4 is 0 Å². The fourth-order valence-corrected chi connectivity index (χ4v) is 9.37. The number of hydrogen-bond donors (Lipinski definition) is 0. The van der Waals surface area contributed by atoms with Crippen molar-refractivity contribution in [3.8, 4) is 78.4 Å². The predicted octanol–water partition coefficient (Wildman–Crippen LogP) is 15.1. The number of rotatable bonds is 6. The Bertz CT molecular complexity index is 3230. The van der Waals surface area contributed by atoms with E-state index >= 15 is 0 Å². The van der Waals surface area contributed by atoms with Gasteiger partial charge in [0.25, 0.3) is 0 Å². The molecule has 0 bridgehead atoms. The second kappa shape index (κ2) is 13.9. The quantitative estimate of drug-likeness (QED) is 0.169. The van der Waals surface area contributed by atoms with Gasteiger partial charge in [0.1, 0.15) is 0 Å². The van der Waals surface area contributed by atoms with Gasteiger partial charge in [-0.1, -0.05) is 202 Å². The van der Waals surface area contributed by atoms with Gasteiger partial charge in [-0.25, -0.2) is 9.97 Å². The normalized spacial score (nSPS) is 12.7. The van der Waals surface area contributed by atoms with Crippen LogP contribution in [0.1, 0.15) is 25.0 Å². The maximum Gasteiger partial charge on any atom is 0.160 e. The number of hydrogen-bond acceptors (Lipinski definition) is 2. The van der Waals surface area contributed by atoms with E-state index in [1.165, 1.54) is 71.8 Å². The van der Waals surface area contributed by atoms with E-state index in [4.69, 9.17) is 9.97 Å². The number of nitrogens with zero attached hydrogens (tertiary/aromatic N) is 2. The molecule has 1 aromatic heterocycles. The van der Waals surface area contributed by atoms with Crippen LogP contribution in [-0.2, 0) is 5.41 Å².